The minimum atomic E-state index is 0.0350. The Hall–Kier alpha value is -1.00. The molecule has 4 heteroatoms. The second-order valence-corrected chi connectivity index (χ2v) is 7.06. The van der Waals surface area contributed by atoms with Crippen LogP contribution in [0, 0.1) is 5.92 Å². The van der Waals surface area contributed by atoms with Gasteiger partial charge < -0.3 is 11.1 Å². The van der Waals surface area contributed by atoms with Crippen LogP contribution in [0.4, 0.5) is 0 Å². The van der Waals surface area contributed by atoms with E-state index in [0.717, 1.165) is 19.3 Å². The molecule has 20 heavy (non-hydrogen) atoms. The number of hydrogen-bond acceptors (Lipinski definition) is 3. The molecule has 3 atom stereocenters. The summed E-state index contributed by atoms with van der Waals surface area (Å²) in [4.78, 5) is 13.7. The first-order chi connectivity index (χ1) is 9.78. The lowest BCUT2D eigenvalue weighted by Gasteiger charge is -2.32. The molecule has 1 aliphatic carbocycles. The summed E-state index contributed by atoms with van der Waals surface area (Å²) < 4.78 is 0. The Morgan fingerprint density at radius 1 is 1.30 bits per heavy atom. The smallest absolute Gasteiger partial charge is 0.234 e. The third kappa shape index (κ3) is 2.86. The third-order valence-electron chi connectivity index (χ3n) is 4.48. The van der Waals surface area contributed by atoms with Crippen LogP contribution in [0.15, 0.2) is 29.2 Å². The van der Waals surface area contributed by atoms with Gasteiger partial charge in [-0.15, -0.1) is 11.8 Å². The van der Waals surface area contributed by atoms with Gasteiger partial charge in [0.25, 0.3) is 0 Å². The van der Waals surface area contributed by atoms with Crippen molar-refractivity contribution in [2.45, 2.75) is 48.3 Å². The Bertz CT molecular complexity index is 466. The van der Waals surface area contributed by atoms with Crippen LogP contribution in [0.2, 0.25) is 0 Å². The molecule has 3 nitrogen and oxygen atoms in total. The van der Waals surface area contributed by atoms with Crippen molar-refractivity contribution in [2.24, 2.45) is 11.7 Å². The molecule has 108 valence electrons. The summed E-state index contributed by atoms with van der Waals surface area (Å²) in [6.07, 6.45) is 5.54. The van der Waals surface area contributed by atoms with E-state index >= 15 is 0 Å². The molecule has 0 spiro atoms. The molecule has 0 bridgehead atoms. The average Bonchev–Trinajstić information content (AvgIpc) is 2.92. The second kappa shape index (κ2) is 6.19. The van der Waals surface area contributed by atoms with E-state index < -0.39 is 0 Å². The Morgan fingerprint density at radius 3 is 2.90 bits per heavy atom. The Kier molecular flexibility index (Phi) is 4.32. The molecule has 3 N–H and O–H groups in total. The molecule has 1 aromatic rings. The summed E-state index contributed by atoms with van der Waals surface area (Å²) in [6.45, 7) is 0.684. The number of rotatable bonds is 3. The molecule has 3 unspecified atom stereocenters. The van der Waals surface area contributed by atoms with Crippen LogP contribution in [-0.2, 0) is 11.2 Å². The number of carbonyl (C=O) groups excluding carboxylic acids is 1. The molecule has 1 saturated carbocycles. The van der Waals surface area contributed by atoms with Crippen molar-refractivity contribution in [2.75, 3.05) is 6.54 Å². The minimum Gasteiger partial charge on any atom is -0.352 e. The topological polar surface area (TPSA) is 55.1 Å². The molecule has 0 radical (unpaired) electrons. The number of benzene rings is 1. The molecular formula is C16H22N2OS. The molecule has 2 aliphatic rings. The van der Waals surface area contributed by atoms with E-state index in [1.165, 1.54) is 23.3 Å². The van der Waals surface area contributed by atoms with Gasteiger partial charge in [-0.05, 0) is 43.4 Å². The molecule has 1 amide bonds. The second-order valence-electron chi connectivity index (χ2n) is 5.81. The van der Waals surface area contributed by atoms with Crippen molar-refractivity contribution in [1.82, 2.24) is 5.32 Å². The van der Waals surface area contributed by atoms with Crippen molar-refractivity contribution in [1.29, 1.82) is 0 Å². The number of nitrogens with two attached hydrogens (primary N) is 1. The van der Waals surface area contributed by atoms with Crippen molar-refractivity contribution in [3.63, 3.8) is 0 Å². The first-order valence-electron chi connectivity index (χ1n) is 7.53. The standard InChI is InChI=1S/C16H22N2OS/c17-10-12-6-1-3-7-13(12)18-16(19)15-9-11-5-2-4-8-14(11)20-15/h2,4-5,8,12-13,15H,1,3,6-7,9-10,17H2,(H,18,19). The lowest BCUT2D eigenvalue weighted by atomic mass is 9.84. The fraction of sp³-hybridized carbons (Fsp3) is 0.562. The van der Waals surface area contributed by atoms with Gasteiger partial charge in [0, 0.05) is 10.9 Å². The predicted octanol–water partition coefficient (Wildman–Crippen LogP) is 2.34. The summed E-state index contributed by atoms with van der Waals surface area (Å²) in [5.74, 6) is 0.651. The maximum Gasteiger partial charge on any atom is 0.234 e. The number of hydrogen-bond donors (Lipinski definition) is 2. The highest BCUT2D eigenvalue weighted by molar-refractivity contribution is 8.01. The molecule has 3 rings (SSSR count). The number of nitrogens with one attached hydrogen (secondary N) is 1. The van der Waals surface area contributed by atoms with Gasteiger partial charge in [-0.1, -0.05) is 31.0 Å². The van der Waals surface area contributed by atoms with Gasteiger partial charge in [-0.2, -0.15) is 0 Å². The van der Waals surface area contributed by atoms with Crippen LogP contribution in [0.25, 0.3) is 0 Å². The predicted molar refractivity (Wildman–Crippen MR) is 82.7 cm³/mol. The van der Waals surface area contributed by atoms with Crippen molar-refractivity contribution in [3.8, 4) is 0 Å². The van der Waals surface area contributed by atoms with Crippen LogP contribution < -0.4 is 11.1 Å². The Morgan fingerprint density at radius 2 is 2.10 bits per heavy atom. The number of fused-ring (bicyclic) bond motifs is 1. The fourth-order valence-electron chi connectivity index (χ4n) is 3.28. The minimum absolute atomic E-state index is 0.0350. The monoisotopic (exact) mass is 290 g/mol. The summed E-state index contributed by atoms with van der Waals surface area (Å²) in [5.41, 5.74) is 7.14. The first-order valence-corrected chi connectivity index (χ1v) is 8.41. The zero-order valence-electron chi connectivity index (χ0n) is 11.7. The molecule has 1 aliphatic heterocycles. The normalized spacial score (nSPS) is 28.9. The highest BCUT2D eigenvalue weighted by Crippen LogP contribution is 2.37. The molecule has 0 saturated heterocycles. The molecule has 1 fully saturated rings. The molecule has 1 heterocycles. The Labute approximate surface area is 124 Å². The molecular weight excluding hydrogens is 268 g/mol. The maximum atomic E-state index is 12.5. The average molecular weight is 290 g/mol. The fourth-order valence-corrected chi connectivity index (χ4v) is 4.49. The number of carbonyl (C=O) groups is 1. The van der Waals surface area contributed by atoms with Crippen LogP contribution in [0.5, 0.6) is 0 Å². The lowest BCUT2D eigenvalue weighted by molar-refractivity contribution is -0.121. The highest BCUT2D eigenvalue weighted by atomic mass is 32.2. The summed E-state index contributed by atoms with van der Waals surface area (Å²) in [5, 5.41) is 3.29. The van der Waals surface area contributed by atoms with Gasteiger partial charge >= 0.3 is 0 Å². The van der Waals surface area contributed by atoms with Gasteiger partial charge in [0.15, 0.2) is 0 Å². The van der Waals surface area contributed by atoms with Crippen molar-refractivity contribution >= 4 is 17.7 Å². The van der Waals surface area contributed by atoms with Crippen LogP contribution in [-0.4, -0.2) is 23.7 Å². The zero-order valence-corrected chi connectivity index (χ0v) is 12.5. The summed E-state index contributed by atoms with van der Waals surface area (Å²) in [7, 11) is 0. The number of amides is 1. The van der Waals surface area contributed by atoms with Crippen molar-refractivity contribution in [3.05, 3.63) is 29.8 Å². The van der Waals surface area contributed by atoms with Crippen LogP contribution in [0.3, 0.4) is 0 Å². The van der Waals surface area contributed by atoms with Gasteiger partial charge in [-0.25, -0.2) is 0 Å². The van der Waals surface area contributed by atoms with Gasteiger partial charge in [0.05, 0.1) is 5.25 Å². The lowest BCUT2D eigenvalue weighted by Crippen LogP contribution is -2.47. The van der Waals surface area contributed by atoms with Crippen LogP contribution in [0.1, 0.15) is 31.2 Å². The Balaban J connectivity index is 1.60. The SMILES string of the molecule is NCC1CCCCC1NC(=O)C1Cc2ccccc2S1. The first kappa shape index (κ1) is 14.0. The molecule has 0 aromatic heterocycles. The van der Waals surface area contributed by atoms with Crippen LogP contribution >= 0.6 is 11.8 Å². The highest BCUT2D eigenvalue weighted by Gasteiger charge is 2.31. The summed E-state index contributed by atoms with van der Waals surface area (Å²) in [6, 6.07) is 8.60. The number of thioether (sulfide) groups is 1. The zero-order chi connectivity index (χ0) is 13.9. The maximum absolute atomic E-state index is 12.5. The van der Waals surface area contributed by atoms with E-state index in [2.05, 4.69) is 17.4 Å². The van der Waals surface area contributed by atoms with Gasteiger partial charge in [0.1, 0.15) is 0 Å². The van der Waals surface area contributed by atoms with E-state index in [-0.39, 0.29) is 17.2 Å². The third-order valence-corrected chi connectivity index (χ3v) is 5.80. The summed E-state index contributed by atoms with van der Waals surface area (Å²) >= 11 is 1.70. The molecule has 1 aromatic carbocycles. The van der Waals surface area contributed by atoms with E-state index in [1.807, 2.05) is 12.1 Å². The van der Waals surface area contributed by atoms with E-state index in [9.17, 15) is 4.79 Å². The van der Waals surface area contributed by atoms with E-state index in [0.29, 0.717) is 12.5 Å². The van der Waals surface area contributed by atoms with E-state index in [1.54, 1.807) is 11.8 Å². The van der Waals surface area contributed by atoms with Gasteiger partial charge in [-0.3, -0.25) is 4.79 Å². The quantitative estimate of drug-likeness (QED) is 0.898. The largest absolute Gasteiger partial charge is 0.352 e. The van der Waals surface area contributed by atoms with Crippen molar-refractivity contribution < 1.29 is 4.79 Å². The van der Waals surface area contributed by atoms with Gasteiger partial charge in [0.2, 0.25) is 5.91 Å². The van der Waals surface area contributed by atoms with E-state index in [4.69, 9.17) is 5.73 Å².